The predicted molar refractivity (Wildman–Crippen MR) is 141 cm³/mol. The van der Waals surface area contributed by atoms with Gasteiger partial charge in [-0.3, -0.25) is 24.5 Å². The number of methoxy groups -OCH3 is 1. The molecule has 1 fully saturated rings. The Hall–Kier alpha value is -4.08. The number of ether oxygens (including phenoxy) is 1. The summed E-state index contributed by atoms with van der Waals surface area (Å²) >= 11 is 0.867. The van der Waals surface area contributed by atoms with Gasteiger partial charge in [-0.2, -0.15) is 0 Å². The molecule has 4 rings (SSSR count). The molecule has 0 bridgehead atoms. The van der Waals surface area contributed by atoms with E-state index in [1.807, 2.05) is 0 Å². The van der Waals surface area contributed by atoms with Gasteiger partial charge in [-0.25, -0.2) is 13.8 Å². The quantitative estimate of drug-likeness (QED) is 0.181. The van der Waals surface area contributed by atoms with Crippen LogP contribution in [0.4, 0.5) is 8.78 Å². The number of amides is 1. The molecule has 0 spiro atoms. The molecule has 1 saturated carbocycles. The molecule has 0 aromatic carbocycles. The maximum absolute atomic E-state index is 13.5. The fourth-order valence-electron chi connectivity index (χ4n) is 3.49. The molecule has 0 aliphatic heterocycles. The maximum Gasteiger partial charge on any atom is 0.280 e. The average molecular weight is 539 g/mol. The molecule has 1 amide bonds. The van der Waals surface area contributed by atoms with E-state index in [1.165, 1.54) is 30.0 Å². The molecule has 38 heavy (non-hydrogen) atoms. The standard InChI is InChI=1S/C26H24F2N6O3S/c1-14-3-8-23(35)34(13-14)22-10-16(17-9-19(24(27)28)31-12-20(17)37-2)18(11-32-22)25(36)33-26(30)38-21(29)7-6-15-4-5-15/h3,8-13,15,24,26,29H,4-5,30H2,1-2H3,(H,33,36). The highest BCUT2D eigenvalue weighted by molar-refractivity contribution is 8.14. The average Bonchev–Trinajstić information content (AvgIpc) is 3.72. The van der Waals surface area contributed by atoms with E-state index in [0.717, 1.165) is 42.4 Å². The van der Waals surface area contributed by atoms with Crippen molar-refractivity contribution in [2.24, 2.45) is 11.7 Å². The summed E-state index contributed by atoms with van der Waals surface area (Å²) in [5, 5.41) is 10.5. The Bertz CT molecular complexity index is 1510. The molecule has 196 valence electrons. The summed E-state index contributed by atoms with van der Waals surface area (Å²) in [5.41, 5.74) is 5.22. The van der Waals surface area contributed by atoms with Crippen LogP contribution < -0.4 is 21.3 Å². The van der Waals surface area contributed by atoms with E-state index in [0.29, 0.717) is 5.92 Å². The summed E-state index contributed by atoms with van der Waals surface area (Å²) in [6.45, 7) is 1.80. The fraction of sp³-hybridized carbons (Fsp3) is 0.269. The highest BCUT2D eigenvalue weighted by Crippen LogP contribution is 2.35. The Morgan fingerprint density at radius 3 is 2.71 bits per heavy atom. The Morgan fingerprint density at radius 2 is 2.03 bits per heavy atom. The van der Waals surface area contributed by atoms with Gasteiger partial charge in [0.25, 0.3) is 17.9 Å². The van der Waals surface area contributed by atoms with Crippen molar-refractivity contribution in [2.75, 3.05) is 7.11 Å². The van der Waals surface area contributed by atoms with Gasteiger partial charge in [0, 0.05) is 35.5 Å². The highest BCUT2D eigenvalue weighted by atomic mass is 32.2. The van der Waals surface area contributed by atoms with Crippen molar-refractivity contribution in [3.63, 3.8) is 0 Å². The normalized spacial score (nSPS) is 13.4. The van der Waals surface area contributed by atoms with E-state index in [1.54, 1.807) is 19.2 Å². The minimum Gasteiger partial charge on any atom is -0.494 e. The number of hydrogen-bond acceptors (Lipinski definition) is 8. The van der Waals surface area contributed by atoms with Crippen molar-refractivity contribution in [3.8, 4) is 34.5 Å². The number of alkyl halides is 2. The van der Waals surface area contributed by atoms with Crippen LogP contribution in [0.2, 0.25) is 0 Å². The van der Waals surface area contributed by atoms with Crippen LogP contribution in [-0.4, -0.2) is 38.1 Å². The SMILES string of the molecule is COc1cnc(C(F)F)cc1-c1cc(-n2cc(C)ccc2=O)ncc1C(=O)NC(N)SC(=N)C#CC1CC1. The van der Waals surface area contributed by atoms with E-state index < -0.39 is 23.5 Å². The Labute approximate surface area is 221 Å². The molecule has 0 saturated heterocycles. The number of nitrogens with two attached hydrogens (primary N) is 1. The van der Waals surface area contributed by atoms with Gasteiger partial charge in [0.15, 0.2) is 0 Å². The number of pyridine rings is 3. The molecular weight excluding hydrogens is 514 g/mol. The lowest BCUT2D eigenvalue weighted by atomic mass is 10.00. The van der Waals surface area contributed by atoms with Crippen LogP contribution in [0.15, 0.2) is 47.7 Å². The number of thioether (sulfide) groups is 1. The van der Waals surface area contributed by atoms with Gasteiger partial charge >= 0.3 is 0 Å². The van der Waals surface area contributed by atoms with Crippen molar-refractivity contribution in [3.05, 3.63) is 70.0 Å². The first kappa shape index (κ1) is 27.0. The first-order chi connectivity index (χ1) is 18.2. The third-order valence-electron chi connectivity index (χ3n) is 5.55. The minimum absolute atomic E-state index is 0.00851. The number of carbonyl (C=O) groups excluding carboxylic acids is 1. The van der Waals surface area contributed by atoms with Gasteiger partial charge in [-0.05, 0) is 43.4 Å². The molecule has 1 aliphatic carbocycles. The first-order valence-corrected chi connectivity index (χ1v) is 12.4. The second-order valence-electron chi connectivity index (χ2n) is 8.50. The number of carbonyl (C=O) groups is 1. The molecule has 4 N–H and O–H groups in total. The van der Waals surface area contributed by atoms with Crippen LogP contribution in [0.1, 0.15) is 40.9 Å². The van der Waals surface area contributed by atoms with E-state index in [-0.39, 0.29) is 38.9 Å². The topological polar surface area (TPSA) is 136 Å². The molecule has 1 atom stereocenters. The summed E-state index contributed by atoms with van der Waals surface area (Å²) < 4.78 is 33.7. The number of hydrogen-bond donors (Lipinski definition) is 3. The molecule has 3 aromatic heterocycles. The number of halogens is 2. The lowest BCUT2D eigenvalue weighted by Gasteiger charge is -2.17. The van der Waals surface area contributed by atoms with E-state index >= 15 is 0 Å². The van der Waals surface area contributed by atoms with E-state index in [9.17, 15) is 18.4 Å². The molecule has 3 aromatic rings. The Morgan fingerprint density at radius 1 is 1.26 bits per heavy atom. The second kappa shape index (κ2) is 11.5. The number of aromatic nitrogens is 3. The van der Waals surface area contributed by atoms with Gasteiger partial charge in [0.05, 0.1) is 18.9 Å². The Kier molecular flexibility index (Phi) is 8.19. The van der Waals surface area contributed by atoms with Gasteiger partial charge in [0.2, 0.25) is 0 Å². The molecule has 9 nitrogen and oxygen atoms in total. The lowest BCUT2D eigenvalue weighted by molar-refractivity contribution is 0.0951. The van der Waals surface area contributed by atoms with Gasteiger partial charge in [0.1, 0.15) is 27.8 Å². The fourth-order valence-corrected chi connectivity index (χ4v) is 4.03. The molecule has 12 heteroatoms. The predicted octanol–water partition coefficient (Wildman–Crippen LogP) is 3.65. The zero-order valence-corrected chi connectivity index (χ0v) is 21.3. The number of nitrogens with zero attached hydrogens (tertiary/aromatic N) is 3. The zero-order chi connectivity index (χ0) is 27.4. The van der Waals surface area contributed by atoms with Gasteiger partial charge in [-0.1, -0.05) is 23.7 Å². The van der Waals surface area contributed by atoms with Crippen LogP contribution in [0.25, 0.3) is 16.9 Å². The summed E-state index contributed by atoms with van der Waals surface area (Å²) in [6, 6.07) is 5.57. The van der Waals surface area contributed by atoms with Crippen LogP contribution in [0.3, 0.4) is 0 Å². The third kappa shape index (κ3) is 6.42. The smallest absolute Gasteiger partial charge is 0.280 e. The Balaban J connectivity index is 1.75. The molecule has 0 radical (unpaired) electrons. The number of rotatable bonds is 7. The van der Waals surface area contributed by atoms with Crippen LogP contribution in [0.5, 0.6) is 5.75 Å². The molecular formula is C26H24F2N6O3S. The molecule has 3 heterocycles. The number of aryl methyl sites for hydroxylation is 1. The zero-order valence-electron chi connectivity index (χ0n) is 20.5. The minimum atomic E-state index is -2.87. The van der Waals surface area contributed by atoms with Crippen molar-refractivity contribution in [1.82, 2.24) is 19.9 Å². The van der Waals surface area contributed by atoms with Crippen LogP contribution >= 0.6 is 11.8 Å². The van der Waals surface area contributed by atoms with Crippen molar-refractivity contribution < 1.29 is 18.3 Å². The van der Waals surface area contributed by atoms with E-state index in [4.69, 9.17) is 15.9 Å². The largest absolute Gasteiger partial charge is 0.494 e. The summed E-state index contributed by atoms with van der Waals surface area (Å²) in [6.07, 6.45) is 3.10. The number of nitrogens with one attached hydrogen (secondary N) is 2. The summed E-state index contributed by atoms with van der Waals surface area (Å²) in [5.74, 6) is 5.61. The molecule has 1 aliphatic rings. The van der Waals surface area contributed by atoms with Crippen LogP contribution in [-0.2, 0) is 0 Å². The van der Waals surface area contributed by atoms with Gasteiger partial charge in [-0.15, -0.1) is 0 Å². The maximum atomic E-state index is 13.5. The van der Waals surface area contributed by atoms with Crippen molar-refractivity contribution >= 4 is 22.7 Å². The van der Waals surface area contributed by atoms with Crippen molar-refractivity contribution in [1.29, 1.82) is 5.41 Å². The summed E-state index contributed by atoms with van der Waals surface area (Å²) in [4.78, 5) is 33.8. The highest BCUT2D eigenvalue weighted by Gasteiger charge is 2.23. The summed E-state index contributed by atoms with van der Waals surface area (Å²) in [7, 11) is 1.34. The second-order valence-corrected chi connectivity index (χ2v) is 9.65. The first-order valence-electron chi connectivity index (χ1n) is 11.5. The van der Waals surface area contributed by atoms with Crippen LogP contribution in [0, 0.1) is 30.1 Å². The molecule has 1 unspecified atom stereocenters. The lowest BCUT2D eigenvalue weighted by Crippen LogP contribution is -2.40. The third-order valence-corrected chi connectivity index (χ3v) is 6.26. The van der Waals surface area contributed by atoms with Gasteiger partial charge < -0.3 is 15.8 Å². The van der Waals surface area contributed by atoms with E-state index in [2.05, 4.69) is 27.1 Å². The van der Waals surface area contributed by atoms with Crippen molar-refractivity contribution in [2.45, 2.75) is 31.7 Å². The monoisotopic (exact) mass is 538 g/mol.